The number of ketones is 1. The van der Waals surface area contributed by atoms with E-state index in [0.29, 0.717) is 12.0 Å². The van der Waals surface area contributed by atoms with Crippen LogP contribution >= 0.6 is 0 Å². The van der Waals surface area contributed by atoms with Crippen molar-refractivity contribution in [2.45, 2.75) is 67.3 Å². The number of rotatable bonds is 8. The number of fused-ring (bicyclic) bond motifs is 1. The van der Waals surface area contributed by atoms with Crippen LogP contribution < -0.4 is 0 Å². The summed E-state index contributed by atoms with van der Waals surface area (Å²) >= 11 is 0. The average molecular weight is 411 g/mol. The van der Waals surface area contributed by atoms with Gasteiger partial charge in [-0.25, -0.2) is 9.50 Å². The van der Waals surface area contributed by atoms with Crippen LogP contribution in [0, 0.1) is 34.6 Å². The smallest absolute Gasteiger partial charge is 0.306 e. The first kappa shape index (κ1) is 21.7. The minimum Gasteiger partial charge on any atom is -0.457 e. The number of ether oxygens (including phenoxy) is 1. The molecule has 0 aliphatic carbocycles. The number of esters is 1. The Labute approximate surface area is 177 Å². The highest BCUT2D eigenvalue weighted by atomic mass is 16.5. The maximum atomic E-state index is 12.6. The molecule has 7 nitrogen and oxygen atoms in total. The van der Waals surface area contributed by atoms with Crippen molar-refractivity contribution in [2.75, 3.05) is 6.61 Å². The fraction of sp³-hybridized carbons (Fsp3) is 0.478. The van der Waals surface area contributed by atoms with Crippen LogP contribution in [0.2, 0.25) is 0 Å². The number of carbonyl (C=O) groups is 2. The highest BCUT2D eigenvalue weighted by molar-refractivity contribution is 5.99. The first-order valence-electron chi connectivity index (χ1n) is 10.4. The Morgan fingerprint density at radius 2 is 1.80 bits per heavy atom. The third-order valence-corrected chi connectivity index (χ3v) is 5.55. The molecule has 0 saturated carbocycles. The normalized spacial score (nSPS) is 11.3. The molecular formula is C23H30N4O3. The molecule has 160 valence electrons. The summed E-state index contributed by atoms with van der Waals surface area (Å²) in [7, 11) is 0. The van der Waals surface area contributed by atoms with Gasteiger partial charge in [0.05, 0.1) is 5.69 Å². The van der Waals surface area contributed by atoms with Gasteiger partial charge < -0.3 is 9.30 Å². The topological polar surface area (TPSA) is 78.5 Å². The van der Waals surface area contributed by atoms with Crippen LogP contribution in [0.5, 0.6) is 0 Å². The van der Waals surface area contributed by atoms with E-state index in [4.69, 9.17) is 4.74 Å². The summed E-state index contributed by atoms with van der Waals surface area (Å²) in [6.07, 6.45) is 1.69. The molecule has 0 bridgehead atoms. The monoisotopic (exact) mass is 410 g/mol. The Balaban J connectivity index is 1.61. The molecule has 0 fully saturated rings. The quantitative estimate of drug-likeness (QED) is 0.416. The fourth-order valence-electron chi connectivity index (χ4n) is 3.98. The Hall–Kier alpha value is -2.96. The van der Waals surface area contributed by atoms with Crippen molar-refractivity contribution in [3.05, 3.63) is 51.7 Å². The van der Waals surface area contributed by atoms with E-state index in [0.717, 1.165) is 52.6 Å². The number of carbonyl (C=O) groups excluding carboxylic acids is 2. The number of hydrogen-bond donors (Lipinski definition) is 0. The largest absolute Gasteiger partial charge is 0.457 e. The van der Waals surface area contributed by atoms with Gasteiger partial charge in [-0.2, -0.15) is 5.10 Å². The first-order valence-corrected chi connectivity index (χ1v) is 10.4. The van der Waals surface area contributed by atoms with Crippen molar-refractivity contribution in [2.24, 2.45) is 0 Å². The van der Waals surface area contributed by atoms with Crippen molar-refractivity contribution in [1.29, 1.82) is 0 Å². The van der Waals surface area contributed by atoms with Gasteiger partial charge in [-0.3, -0.25) is 9.59 Å². The van der Waals surface area contributed by atoms with Gasteiger partial charge in [-0.1, -0.05) is 6.92 Å². The molecule has 0 spiro atoms. The van der Waals surface area contributed by atoms with Crippen molar-refractivity contribution in [3.8, 4) is 0 Å². The summed E-state index contributed by atoms with van der Waals surface area (Å²) < 4.78 is 9.20. The van der Waals surface area contributed by atoms with E-state index in [1.54, 1.807) is 4.52 Å². The van der Waals surface area contributed by atoms with E-state index in [2.05, 4.69) is 21.6 Å². The Morgan fingerprint density at radius 1 is 1.07 bits per heavy atom. The second-order valence-electron chi connectivity index (χ2n) is 7.84. The van der Waals surface area contributed by atoms with Crippen LogP contribution in [-0.4, -0.2) is 37.5 Å². The Morgan fingerprint density at radius 3 is 2.50 bits per heavy atom. The number of aryl methyl sites for hydroxylation is 4. The lowest BCUT2D eigenvalue weighted by Gasteiger charge is -2.11. The van der Waals surface area contributed by atoms with Crippen molar-refractivity contribution in [3.63, 3.8) is 0 Å². The van der Waals surface area contributed by atoms with Crippen molar-refractivity contribution >= 4 is 17.4 Å². The van der Waals surface area contributed by atoms with E-state index >= 15 is 0 Å². The lowest BCUT2D eigenvalue weighted by molar-refractivity contribution is -0.142. The first-order chi connectivity index (χ1) is 14.2. The summed E-state index contributed by atoms with van der Waals surface area (Å²) in [5, 5.41) is 4.46. The average Bonchev–Trinajstić information content (AvgIpc) is 3.20. The van der Waals surface area contributed by atoms with Gasteiger partial charge in [0, 0.05) is 47.4 Å². The summed E-state index contributed by atoms with van der Waals surface area (Å²) in [5.74, 6) is -0.553. The van der Waals surface area contributed by atoms with Gasteiger partial charge in [-0.15, -0.1) is 0 Å². The minimum absolute atomic E-state index is 0.165. The van der Waals surface area contributed by atoms with Crippen LogP contribution in [0.1, 0.15) is 64.2 Å². The number of aromatic nitrogens is 4. The van der Waals surface area contributed by atoms with E-state index in [1.807, 2.05) is 46.8 Å². The number of Topliss-reactive ketones (excluding diaryl/α,β-unsaturated/α-hetero) is 1. The molecule has 0 radical (unpaired) electrons. The molecule has 3 aromatic heterocycles. The van der Waals surface area contributed by atoms with E-state index in [1.165, 1.54) is 0 Å². The second-order valence-corrected chi connectivity index (χ2v) is 7.84. The molecule has 0 aromatic carbocycles. The molecule has 7 heteroatoms. The maximum absolute atomic E-state index is 12.6. The zero-order valence-corrected chi connectivity index (χ0v) is 18.7. The van der Waals surface area contributed by atoms with Crippen LogP contribution in [0.3, 0.4) is 0 Å². The maximum Gasteiger partial charge on any atom is 0.306 e. The molecule has 0 amide bonds. The van der Waals surface area contributed by atoms with Crippen LogP contribution in [0.25, 0.3) is 5.65 Å². The second kappa shape index (κ2) is 8.81. The predicted molar refractivity (Wildman–Crippen MR) is 115 cm³/mol. The fourth-order valence-corrected chi connectivity index (χ4v) is 3.98. The molecule has 3 heterocycles. The molecule has 0 N–H and O–H groups in total. The highest BCUT2D eigenvalue weighted by Gasteiger charge is 2.18. The number of nitrogens with zero attached hydrogens (tertiary/aromatic N) is 4. The van der Waals surface area contributed by atoms with Crippen LogP contribution in [0.4, 0.5) is 0 Å². The van der Waals surface area contributed by atoms with Gasteiger partial charge in [0.1, 0.15) is 0 Å². The standard InChI is InChI=1S/C23H30N4O3/c1-7-10-26-15(3)12-20(17(26)5)21(28)13-30-23(29)9-8-19-16(4)24-22-11-14(2)25-27(22)18(19)6/h11-12H,7-10,13H2,1-6H3. The SMILES string of the molecule is CCCn1c(C)cc(C(=O)COC(=O)CCc2c(C)nc3cc(C)nn3c2C)c1C. The predicted octanol–water partition coefficient (Wildman–Crippen LogP) is 3.84. The zero-order chi connectivity index (χ0) is 22.0. The molecule has 3 aromatic rings. The van der Waals surface area contributed by atoms with Gasteiger partial charge in [0.15, 0.2) is 12.3 Å². The minimum atomic E-state index is -0.388. The van der Waals surface area contributed by atoms with Gasteiger partial charge >= 0.3 is 5.97 Å². The van der Waals surface area contributed by atoms with Crippen molar-refractivity contribution in [1.82, 2.24) is 19.2 Å². The molecule has 0 aliphatic heterocycles. The molecule has 3 rings (SSSR count). The summed E-state index contributed by atoms with van der Waals surface area (Å²) in [6.45, 7) is 12.5. The molecule has 0 saturated heterocycles. The van der Waals surface area contributed by atoms with E-state index < -0.39 is 0 Å². The summed E-state index contributed by atoms with van der Waals surface area (Å²) in [5.41, 5.74) is 7.15. The van der Waals surface area contributed by atoms with Gasteiger partial charge in [-0.05, 0) is 59.1 Å². The van der Waals surface area contributed by atoms with Crippen molar-refractivity contribution < 1.29 is 14.3 Å². The van der Waals surface area contributed by atoms with E-state index in [-0.39, 0.29) is 24.8 Å². The highest BCUT2D eigenvalue weighted by Crippen LogP contribution is 2.18. The lowest BCUT2D eigenvalue weighted by Crippen LogP contribution is -2.16. The lowest BCUT2D eigenvalue weighted by atomic mass is 10.1. The van der Waals surface area contributed by atoms with E-state index in [9.17, 15) is 9.59 Å². The Bertz CT molecular complexity index is 1110. The summed E-state index contributed by atoms with van der Waals surface area (Å²) in [6, 6.07) is 3.81. The molecule has 0 unspecified atom stereocenters. The number of hydrogen-bond acceptors (Lipinski definition) is 5. The Kier molecular flexibility index (Phi) is 6.39. The van der Waals surface area contributed by atoms with Gasteiger partial charge in [0.2, 0.25) is 5.78 Å². The third-order valence-electron chi connectivity index (χ3n) is 5.55. The summed E-state index contributed by atoms with van der Waals surface area (Å²) in [4.78, 5) is 29.4. The zero-order valence-electron chi connectivity index (χ0n) is 18.7. The van der Waals surface area contributed by atoms with Crippen LogP contribution in [-0.2, 0) is 22.5 Å². The molecular weight excluding hydrogens is 380 g/mol. The molecule has 30 heavy (non-hydrogen) atoms. The third kappa shape index (κ3) is 4.30. The molecule has 0 aliphatic rings. The molecule has 0 atom stereocenters. The van der Waals surface area contributed by atoms with Gasteiger partial charge in [0.25, 0.3) is 0 Å². The van der Waals surface area contributed by atoms with Crippen LogP contribution in [0.15, 0.2) is 12.1 Å².